The zero-order valence-corrected chi connectivity index (χ0v) is 17.7. The number of rotatable bonds is 6. The van der Waals surface area contributed by atoms with Gasteiger partial charge in [-0.3, -0.25) is 9.48 Å². The maximum absolute atomic E-state index is 12.3. The quantitative estimate of drug-likeness (QED) is 0.648. The molecule has 0 saturated carbocycles. The zero-order valence-electron chi connectivity index (χ0n) is 16.1. The normalized spacial score (nSPS) is 11.0. The number of hydrogen-bond donors (Lipinski definition) is 1. The van der Waals surface area contributed by atoms with Crippen molar-refractivity contribution in [1.29, 1.82) is 0 Å². The number of para-hydroxylation sites is 1. The molecule has 0 fully saturated rings. The van der Waals surface area contributed by atoms with Crippen molar-refractivity contribution in [3.8, 4) is 5.69 Å². The van der Waals surface area contributed by atoms with Gasteiger partial charge in [-0.15, -0.1) is 0 Å². The number of halogens is 1. The summed E-state index contributed by atoms with van der Waals surface area (Å²) >= 11 is 3.51. The van der Waals surface area contributed by atoms with Gasteiger partial charge in [-0.05, 0) is 55.8 Å². The number of nitrogens with one attached hydrogen (secondary N) is 1. The van der Waals surface area contributed by atoms with Gasteiger partial charge in [0.25, 0.3) is 0 Å². The SMILES string of the molecule is Cc1nn(CCC(=O)NCc2c(C)nn(-c3ccccc3)c2C)c(C)c1Br. The Morgan fingerprint density at radius 2 is 1.74 bits per heavy atom. The second kappa shape index (κ2) is 8.08. The van der Waals surface area contributed by atoms with E-state index >= 15 is 0 Å². The summed E-state index contributed by atoms with van der Waals surface area (Å²) in [7, 11) is 0. The van der Waals surface area contributed by atoms with Gasteiger partial charge in [-0.2, -0.15) is 10.2 Å². The highest BCUT2D eigenvalue weighted by molar-refractivity contribution is 9.10. The van der Waals surface area contributed by atoms with Crippen LogP contribution >= 0.6 is 15.9 Å². The van der Waals surface area contributed by atoms with Crippen LogP contribution in [0.3, 0.4) is 0 Å². The average Bonchev–Trinajstić information content (AvgIpc) is 3.09. The molecule has 0 aliphatic heterocycles. The summed E-state index contributed by atoms with van der Waals surface area (Å²) in [6, 6.07) is 10.0. The van der Waals surface area contributed by atoms with Crippen LogP contribution in [0.4, 0.5) is 0 Å². The van der Waals surface area contributed by atoms with E-state index in [4.69, 9.17) is 0 Å². The first-order chi connectivity index (χ1) is 12.9. The maximum Gasteiger partial charge on any atom is 0.222 e. The summed E-state index contributed by atoms with van der Waals surface area (Å²) in [5, 5.41) is 12.1. The van der Waals surface area contributed by atoms with Gasteiger partial charge in [0, 0.05) is 29.9 Å². The highest BCUT2D eigenvalue weighted by atomic mass is 79.9. The molecule has 0 aliphatic carbocycles. The number of amides is 1. The van der Waals surface area contributed by atoms with E-state index in [-0.39, 0.29) is 5.91 Å². The lowest BCUT2D eigenvalue weighted by atomic mass is 10.2. The Balaban J connectivity index is 1.62. The minimum absolute atomic E-state index is 0.00457. The number of aromatic nitrogens is 4. The van der Waals surface area contributed by atoms with Crippen molar-refractivity contribution in [3.63, 3.8) is 0 Å². The molecule has 0 aliphatic rings. The third-order valence-corrected chi connectivity index (χ3v) is 5.90. The zero-order chi connectivity index (χ0) is 19.6. The van der Waals surface area contributed by atoms with E-state index in [1.165, 1.54) is 0 Å². The summed E-state index contributed by atoms with van der Waals surface area (Å²) in [6.07, 6.45) is 0.388. The Hall–Kier alpha value is -2.41. The highest BCUT2D eigenvalue weighted by Gasteiger charge is 2.14. The first kappa shape index (κ1) is 19.4. The van der Waals surface area contributed by atoms with Crippen molar-refractivity contribution in [2.45, 2.75) is 47.2 Å². The molecule has 7 heteroatoms. The summed E-state index contributed by atoms with van der Waals surface area (Å²) in [5.74, 6) is 0.00457. The molecule has 0 unspecified atom stereocenters. The summed E-state index contributed by atoms with van der Waals surface area (Å²) in [6.45, 7) is 8.98. The lowest BCUT2D eigenvalue weighted by molar-refractivity contribution is -0.121. The maximum atomic E-state index is 12.3. The Morgan fingerprint density at radius 1 is 1.04 bits per heavy atom. The lowest BCUT2D eigenvalue weighted by Crippen LogP contribution is -2.24. The predicted octanol–water partition coefficient (Wildman–Crippen LogP) is 3.77. The Labute approximate surface area is 167 Å². The van der Waals surface area contributed by atoms with Crippen molar-refractivity contribution in [3.05, 3.63) is 63.1 Å². The first-order valence-electron chi connectivity index (χ1n) is 8.95. The molecule has 1 amide bonds. The third-order valence-electron chi connectivity index (χ3n) is 4.75. The fourth-order valence-corrected chi connectivity index (χ4v) is 3.41. The Morgan fingerprint density at radius 3 is 2.37 bits per heavy atom. The molecular weight excluding hydrogens is 406 g/mol. The molecule has 142 valence electrons. The topological polar surface area (TPSA) is 64.7 Å². The van der Waals surface area contributed by atoms with Gasteiger partial charge >= 0.3 is 0 Å². The average molecular weight is 430 g/mol. The Kier molecular flexibility index (Phi) is 5.79. The van der Waals surface area contributed by atoms with Crippen molar-refractivity contribution in [2.75, 3.05) is 0 Å². The fourth-order valence-electron chi connectivity index (χ4n) is 3.13. The number of nitrogens with zero attached hydrogens (tertiary/aromatic N) is 4. The summed E-state index contributed by atoms with van der Waals surface area (Å²) in [5.41, 5.74) is 6.02. The molecule has 0 spiro atoms. The molecule has 6 nitrogen and oxygen atoms in total. The van der Waals surface area contributed by atoms with E-state index in [1.54, 1.807) is 0 Å². The van der Waals surface area contributed by atoms with E-state index < -0.39 is 0 Å². The minimum atomic E-state index is 0.00457. The van der Waals surface area contributed by atoms with E-state index in [9.17, 15) is 4.79 Å². The number of carbonyl (C=O) groups excluding carboxylic acids is 1. The molecule has 1 aromatic carbocycles. The smallest absolute Gasteiger partial charge is 0.222 e. The van der Waals surface area contributed by atoms with Gasteiger partial charge in [0.05, 0.1) is 28.1 Å². The molecule has 0 bridgehead atoms. The second-order valence-corrected chi connectivity index (χ2v) is 7.42. The third kappa shape index (κ3) is 4.13. The molecule has 0 radical (unpaired) electrons. The van der Waals surface area contributed by atoms with Crippen molar-refractivity contribution < 1.29 is 4.79 Å². The van der Waals surface area contributed by atoms with Gasteiger partial charge in [-0.25, -0.2) is 4.68 Å². The van der Waals surface area contributed by atoms with E-state index in [2.05, 4.69) is 31.4 Å². The molecule has 1 N–H and O–H groups in total. The van der Waals surface area contributed by atoms with Crippen molar-refractivity contribution in [1.82, 2.24) is 24.9 Å². The standard InChI is InChI=1S/C20H24BrN5O/c1-13-18(15(3)26(24-13)17-8-6-5-7-9-17)12-22-19(27)10-11-25-16(4)20(21)14(2)23-25/h5-9H,10-12H2,1-4H3,(H,22,27). The van der Waals surface area contributed by atoms with Gasteiger partial charge in [-0.1, -0.05) is 18.2 Å². The van der Waals surface area contributed by atoms with Crippen molar-refractivity contribution >= 4 is 21.8 Å². The van der Waals surface area contributed by atoms with Crippen LogP contribution < -0.4 is 5.32 Å². The molecule has 2 heterocycles. The monoisotopic (exact) mass is 429 g/mol. The first-order valence-corrected chi connectivity index (χ1v) is 9.74. The van der Waals surface area contributed by atoms with Gasteiger partial charge < -0.3 is 5.32 Å². The molecule has 2 aromatic heterocycles. The van der Waals surface area contributed by atoms with E-state index in [0.29, 0.717) is 19.5 Å². The van der Waals surface area contributed by atoms with Crippen molar-refractivity contribution in [2.24, 2.45) is 0 Å². The second-order valence-electron chi connectivity index (χ2n) is 6.63. The van der Waals surface area contributed by atoms with Crippen LogP contribution in [0.15, 0.2) is 34.8 Å². The number of aryl methyl sites for hydroxylation is 3. The van der Waals surface area contributed by atoms with E-state index in [0.717, 1.165) is 38.5 Å². The molecule has 3 aromatic rings. The lowest BCUT2D eigenvalue weighted by Gasteiger charge is -2.08. The molecule has 0 atom stereocenters. The van der Waals surface area contributed by atoms with Crippen LogP contribution in [0.25, 0.3) is 5.69 Å². The van der Waals surface area contributed by atoms with Crippen LogP contribution in [-0.4, -0.2) is 25.5 Å². The largest absolute Gasteiger partial charge is 0.352 e. The summed E-state index contributed by atoms with van der Waals surface area (Å²) < 4.78 is 4.79. The van der Waals surface area contributed by atoms with E-state index in [1.807, 2.05) is 67.4 Å². The van der Waals surface area contributed by atoms with Crippen LogP contribution in [-0.2, 0) is 17.9 Å². The van der Waals surface area contributed by atoms with Gasteiger partial charge in [0.1, 0.15) is 0 Å². The van der Waals surface area contributed by atoms with Crippen LogP contribution in [0, 0.1) is 27.7 Å². The molecule has 27 heavy (non-hydrogen) atoms. The minimum Gasteiger partial charge on any atom is -0.352 e. The predicted molar refractivity (Wildman–Crippen MR) is 109 cm³/mol. The molecule has 3 rings (SSSR count). The number of benzene rings is 1. The number of hydrogen-bond acceptors (Lipinski definition) is 3. The highest BCUT2D eigenvalue weighted by Crippen LogP contribution is 2.20. The molecular formula is C20H24BrN5O. The van der Waals surface area contributed by atoms with Crippen LogP contribution in [0.2, 0.25) is 0 Å². The number of carbonyl (C=O) groups is 1. The molecule has 0 saturated heterocycles. The fraction of sp³-hybridized carbons (Fsp3) is 0.350. The van der Waals surface area contributed by atoms with Gasteiger partial charge in [0.15, 0.2) is 0 Å². The van der Waals surface area contributed by atoms with Crippen LogP contribution in [0.5, 0.6) is 0 Å². The van der Waals surface area contributed by atoms with Crippen LogP contribution in [0.1, 0.15) is 34.8 Å². The van der Waals surface area contributed by atoms with Gasteiger partial charge in [0.2, 0.25) is 5.91 Å². The summed E-state index contributed by atoms with van der Waals surface area (Å²) in [4.78, 5) is 12.3. The Bertz CT molecular complexity index is 959.